The van der Waals surface area contributed by atoms with Crippen LogP contribution in [0.15, 0.2) is 0 Å². The predicted octanol–water partition coefficient (Wildman–Crippen LogP) is 6.19. The van der Waals surface area contributed by atoms with Crippen LogP contribution in [0.5, 0.6) is 0 Å². The summed E-state index contributed by atoms with van der Waals surface area (Å²) in [6, 6.07) is 0. The summed E-state index contributed by atoms with van der Waals surface area (Å²) in [6.07, 6.45) is 23.8. The second kappa shape index (κ2) is 21.9. The Kier molecular flexibility index (Phi) is 21.8. The zero-order valence-electron chi connectivity index (χ0n) is 16.2. The number of hydrogen-bond acceptors (Lipinski definition) is 2. The summed E-state index contributed by atoms with van der Waals surface area (Å²) in [5.41, 5.74) is 5.50. The molecule has 140 valence electrons. The molecule has 0 rings (SSSR count). The van der Waals surface area contributed by atoms with Gasteiger partial charge in [-0.15, -0.1) is 0 Å². The van der Waals surface area contributed by atoms with Crippen molar-refractivity contribution in [2.24, 2.45) is 5.73 Å². The van der Waals surface area contributed by atoms with Crippen molar-refractivity contribution < 1.29 is 0 Å². The average Bonchev–Trinajstić information content (AvgIpc) is 2.57. The molecule has 0 amide bonds. The van der Waals surface area contributed by atoms with Crippen LogP contribution in [0.2, 0.25) is 0 Å². The lowest BCUT2D eigenvalue weighted by atomic mass is 10.1. The maximum Gasteiger partial charge on any atom is -0.00489 e. The van der Waals surface area contributed by atoms with Crippen molar-refractivity contribution in [1.82, 2.24) is 5.32 Å². The average molecular weight is 327 g/mol. The van der Waals surface area contributed by atoms with Crippen molar-refractivity contribution in [2.75, 3.05) is 19.6 Å². The number of nitrogens with one attached hydrogen (secondary N) is 1. The second-order valence-electron chi connectivity index (χ2n) is 7.20. The van der Waals surface area contributed by atoms with Gasteiger partial charge in [-0.2, -0.15) is 0 Å². The predicted molar refractivity (Wildman–Crippen MR) is 106 cm³/mol. The maximum atomic E-state index is 5.50. The highest BCUT2D eigenvalue weighted by Gasteiger charge is 1.94. The van der Waals surface area contributed by atoms with Crippen molar-refractivity contribution in [3.05, 3.63) is 0 Å². The van der Waals surface area contributed by atoms with Gasteiger partial charge in [-0.3, -0.25) is 0 Å². The minimum absolute atomic E-state index is 0.864. The molecule has 0 aliphatic carbocycles. The van der Waals surface area contributed by atoms with E-state index in [-0.39, 0.29) is 0 Å². The van der Waals surface area contributed by atoms with Crippen LogP contribution in [0.4, 0.5) is 0 Å². The summed E-state index contributed by atoms with van der Waals surface area (Å²) in [5.74, 6) is 0. The Balaban J connectivity index is 2.92. The van der Waals surface area contributed by atoms with E-state index in [1.807, 2.05) is 0 Å². The Bertz CT molecular complexity index is 174. The second-order valence-corrected chi connectivity index (χ2v) is 7.20. The van der Waals surface area contributed by atoms with Crippen LogP contribution in [0.25, 0.3) is 0 Å². The fourth-order valence-electron chi connectivity index (χ4n) is 3.14. The van der Waals surface area contributed by atoms with Gasteiger partial charge in [0.2, 0.25) is 0 Å². The van der Waals surface area contributed by atoms with Crippen LogP contribution in [0.1, 0.15) is 116 Å². The Morgan fingerprint density at radius 2 is 0.826 bits per heavy atom. The zero-order chi connectivity index (χ0) is 16.8. The normalized spacial score (nSPS) is 11.2. The van der Waals surface area contributed by atoms with Crippen LogP contribution in [0.3, 0.4) is 0 Å². The van der Waals surface area contributed by atoms with Gasteiger partial charge in [0.05, 0.1) is 0 Å². The molecule has 0 fully saturated rings. The molecule has 0 aliphatic heterocycles. The Labute approximate surface area is 147 Å². The maximum absolute atomic E-state index is 5.50. The number of hydrogen-bond donors (Lipinski definition) is 2. The van der Waals surface area contributed by atoms with E-state index < -0.39 is 0 Å². The first-order valence-corrected chi connectivity index (χ1v) is 10.8. The van der Waals surface area contributed by atoms with E-state index in [9.17, 15) is 0 Å². The Morgan fingerprint density at radius 1 is 0.478 bits per heavy atom. The molecule has 0 spiro atoms. The molecule has 0 heterocycles. The molecular weight excluding hydrogens is 280 g/mol. The lowest BCUT2D eigenvalue weighted by molar-refractivity contribution is 0.529. The molecule has 0 bridgehead atoms. The number of nitrogens with two attached hydrogens (primary N) is 1. The minimum atomic E-state index is 0.864. The molecule has 0 aromatic carbocycles. The quantitative estimate of drug-likeness (QED) is 0.262. The molecular formula is C21H46N2. The molecule has 0 aliphatic rings. The topological polar surface area (TPSA) is 38.0 Å². The molecule has 0 saturated heterocycles. The summed E-state index contributed by atoms with van der Waals surface area (Å²) < 4.78 is 0. The minimum Gasteiger partial charge on any atom is -0.330 e. The highest BCUT2D eigenvalue weighted by Crippen LogP contribution is 2.10. The van der Waals surface area contributed by atoms with Gasteiger partial charge in [0.15, 0.2) is 0 Å². The van der Waals surface area contributed by atoms with E-state index in [0.29, 0.717) is 0 Å². The molecule has 0 aromatic heterocycles. The van der Waals surface area contributed by atoms with Crippen LogP contribution >= 0.6 is 0 Å². The van der Waals surface area contributed by atoms with Gasteiger partial charge in [-0.1, -0.05) is 96.8 Å². The van der Waals surface area contributed by atoms with E-state index in [1.54, 1.807) is 0 Å². The standard InChI is InChI=1S/C21H46N2/c1-2-3-4-5-6-7-8-11-14-17-20-23-21-18-15-12-9-10-13-16-19-22/h23H,2-22H2,1H3. The fourth-order valence-corrected chi connectivity index (χ4v) is 3.14. The molecule has 3 N–H and O–H groups in total. The van der Waals surface area contributed by atoms with E-state index in [2.05, 4.69) is 12.2 Å². The molecule has 0 saturated carbocycles. The van der Waals surface area contributed by atoms with Crippen molar-refractivity contribution in [1.29, 1.82) is 0 Å². The van der Waals surface area contributed by atoms with Gasteiger partial charge in [0.25, 0.3) is 0 Å². The Morgan fingerprint density at radius 3 is 1.22 bits per heavy atom. The molecule has 0 unspecified atom stereocenters. The van der Waals surface area contributed by atoms with Gasteiger partial charge in [-0.05, 0) is 38.9 Å². The van der Waals surface area contributed by atoms with Crippen LogP contribution in [0, 0.1) is 0 Å². The van der Waals surface area contributed by atoms with Crippen molar-refractivity contribution in [2.45, 2.75) is 116 Å². The third-order valence-corrected chi connectivity index (χ3v) is 4.76. The third-order valence-electron chi connectivity index (χ3n) is 4.76. The largest absolute Gasteiger partial charge is 0.330 e. The van der Waals surface area contributed by atoms with Gasteiger partial charge < -0.3 is 11.1 Å². The molecule has 23 heavy (non-hydrogen) atoms. The SMILES string of the molecule is CCCCCCCCCCCCNCCCCCCCCCN. The molecule has 2 heteroatoms. The lowest BCUT2D eigenvalue weighted by Crippen LogP contribution is -2.16. The first kappa shape index (κ1) is 22.9. The first-order chi connectivity index (χ1) is 11.4. The van der Waals surface area contributed by atoms with Crippen LogP contribution in [-0.2, 0) is 0 Å². The van der Waals surface area contributed by atoms with Gasteiger partial charge in [0.1, 0.15) is 0 Å². The summed E-state index contributed by atoms with van der Waals surface area (Å²) in [5, 5.41) is 3.61. The highest BCUT2D eigenvalue weighted by molar-refractivity contribution is 4.52. The van der Waals surface area contributed by atoms with E-state index >= 15 is 0 Å². The summed E-state index contributed by atoms with van der Waals surface area (Å²) in [6.45, 7) is 5.61. The van der Waals surface area contributed by atoms with Crippen molar-refractivity contribution >= 4 is 0 Å². The van der Waals surface area contributed by atoms with Gasteiger partial charge in [-0.25, -0.2) is 0 Å². The summed E-state index contributed by atoms with van der Waals surface area (Å²) in [7, 11) is 0. The van der Waals surface area contributed by atoms with Crippen LogP contribution < -0.4 is 11.1 Å². The lowest BCUT2D eigenvalue weighted by Gasteiger charge is -2.05. The zero-order valence-corrected chi connectivity index (χ0v) is 16.2. The first-order valence-electron chi connectivity index (χ1n) is 10.8. The highest BCUT2D eigenvalue weighted by atomic mass is 14.8. The monoisotopic (exact) mass is 326 g/mol. The van der Waals surface area contributed by atoms with Crippen molar-refractivity contribution in [3.63, 3.8) is 0 Å². The smallest absolute Gasteiger partial charge is 0.00489 e. The number of rotatable bonds is 20. The molecule has 0 atom stereocenters. The Hall–Kier alpha value is -0.0800. The number of unbranched alkanes of at least 4 members (excludes halogenated alkanes) is 15. The molecule has 0 radical (unpaired) electrons. The summed E-state index contributed by atoms with van der Waals surface area (Å²) >= 11 is 0. The van der Waals surface area contributed by atoms with E-state index in [4.69, 9.17) is 5.73 Å². The van der Waals surface area contributed by atoms with Crippen LogP contribution in [-0.4, -0.2) is 19.6 Å². The molecule has 0 aromatic rings. The molecule has 2 nitrogen and oxygen atoms in total. The van der Waals surface area contributed by atoms with Gasteiger partial charge in [0, 0.05) is 0 Å². The van der Waals surface area contributed by atoms with E-state index in [1.165, 1.54) is 122 Å². The van der Waals surface area contributed by atoms with E-state index in [0.717, 1.165) is 6.54 Å². The fraction of sp³-hybridized carbons (Fsp3) is 1.00. The summed E-state index contributed by atoms with van der Waals surface area (Å²) in [4.78, 5) is 0. The van der Waals surface area contributed by atoms with Crippen molar-refractivity contribution in [3.8, 4) is 0 Å². The third kappa shape index (κ3) is 21.9. The van der Waals surface area contributed by atoms with Gasteiger partial charge >= 0.3 is 0 Å².